The van der Waals surface area contributed by atoms with Crippen molar-refractivity contribution in [3.63, 3.8) is 0 Å². The summed E-state index contributed by atoms with van der Waals surface area (Å²) >= 11 is 0. The molecular weight excluding hydrogens is 318 g/mol. The van der Waals surface area contributed by atoms with E-state index >= 15 is 0 Å². The second-order valence-corrected chi connectivity index (χ2v) is 6.26. The van der Waals surface area contributed by atoms with Crippen molar-refractivity contribution < 1.29 is 9.59 Å². The van der Waals surface area contributed by atoms with Gasteiger partial charge in [-0.05, 0) is 43.0 Å². The van der Waals surface area contributed by atoms with Crippen LogP contribution >= 0.6 is 0 Å². The van der Waals surface area contributed by atoms with Gasteiger partial charge in [-0.2, -0.15) is 5.10 Å². The van der Waals surface area contributed by atoms with Crippen LogP contribution in [0.15, 0.2) is 42.7 Å². The Morgan fingerprint density at radius 3 is 2.52 bits per heavy atom. The van der Waals surface area contributed by atoms with Crippen molar-refractivity contribution in [2.45, 2.75) is 19.3 Å². The number of hydrogen-bond acceptors (Lipinski definition) is 3. The summed E-state index contributed by atoms with van der Waals surface area (Å²) < 4.78 is 1.81. The van der Waals surface area contributed by atoms with Crippen molar-refractivity contribution in [1.29, 1.82) is 0 Å². The molecule has 132 valence electrons. The Kier molecular flexibility index (Phi) is 5.33. The first-order valence-corrected chi connectivity index (χ1v) is 8.54. The minimum atomic E-state index is -0.405. The van der Waals surface area contributed by atoms with Crippen LogP contribution in [0.25, 0.3) is 5.69 Å². The van der Waals surface area contributed by atoms with Gasteiger partial charge in [-0.1, -0.05) is 12.1 Å². The Hall–Kier alpha value is -2.83. The maximum Gasteiger partial charge on any atom is 0.314 e. The lowest BCUT2D eigenvalue weighted by Crippen LogP contribution is -2.45. The smallest absolute Gasteiger partial charge is 0.314 e. The van der Waals surface area contributed by atoms with Gasteiger partial charge in [0.05, 0.1) is 5.69 Å². The fourth-order valence-electron chi connectivity index (χ4n) is 3.07. The monoisotopic (exact) mass is 341 g/mol. The van der Waals surface area contributed by atoms with Gasteiger partial charge in [-0.15, -0.1) is 0 Å². The number of aromatic nitrogens is 2. The molecule has 25 heavy (non-hydrogen) atoms. The molecule has 0 saturated carbocycles. The zero-order chi connectivity index (χ0) is 17.6. The number of nitrogens with two attached hydrogens (primary N) is 1. The average molecular weight is 341 g/mol. The van der Waals surface area contributed by atoms with Crippen LogP contribution in [0.4, 0.5) is 4.79 Å². The number of piperidine rings is 1. The van der Waals surface area contributed by atoms with E-state index < -0.39 is 6.03 Å². The van der Waals surface area contributed by atoms with Gasteiger partial charge >= 0.3 is 6.03 Å². The summed E-state index contributed by atoms with van der Waals surface area (Å²) in [6.45, 7) is 1.72. The Balaban J connectivity index is 1.42. The molecule has 3 N–H and O–H groups in total. The normalized spacial score (nSPS) is 15.1. The molecular formula is C18H23N5O2. The summed E-state index contributed by atoms with van der Waals surface area (Å²) in [4.78, 5) is 24.9. The van der Waals surface area contributed by atoms with Gasteiger partial charge in [0.25, 0.3) is 0 Å². The van der Waals surface area contributed by atoms with Gasteiger partial charge in [0.2, 0.25) is 5.91 Å². The SMILES string of the molecule is NC(=O)N1CCC(C(=O)NCCc2ccc(-n3cccn3)cc2)CC1. The van der Waals surface area contributed by atoms with E-state index in [1.54, 1.807) is 11.1 Å². The number of nitrogens with zero attached hydrogens (tertiary/aromatic N) is 3. The zero-order valence-electron chi connectivity index (χ0n) is 14.1. The molecule has 0 bridgehead atoms. The highest BCUT2D eigenvalue weighted by Crippen LogP contribution is 2.17. The molecule has 1 aliphatic heterocycles. The summed E-state index contributed by atoms with van der Waals surface area (Å²) in [5.74, 6) is 0.0371. The Labute approximate surface area is 146 Å². The first-order chi connectivity index (χ1) is 12.1. The number of amides is 3. The third-order valence-electron chi connectivity index (χ3n) is 4.60. The highest BCUT2D eigenvalue weighted by atomic mass is 16.2. The van der Waals surface area contributed by atoms with Crippen molar-refractivity contribution >= 4 is 11.9 Å². The summed E-state index contributed by atoms with van der Waals surface area (Å²) in [6.07, 6.45) is 5.78. The minimum absolute atomic E-state index is 0.0298. The number of likely N-dealkylation sites (tertiary alicyclic amines) is 1. The van der Waals surface area contributed by atoms with Gasteiger partial charge in [0.15, 0.2) is 0 Å². The molecule has 0 spiro atoms. The highest BCUT2D eigenvalue weighted by Gasteiger charge is 2.25. The lowest BCUT2D eigenvalue weighted by molar-refractivity contribution is -0.126. The van der Waals surface area contributed by atoms with Gasteiger partial charge in [-0.3, -0.25) is 4.79 Å². The van der Waals surface area contributed by atoms with Crippen LogP contribution in [-0.2, 0) is 11.2 Å². The van der Waals surface area contributed by atoms with Crippen LogP contribution in [0.2, 0.25) is 0 Å². The first-order valence-electron chi connectivity index (χ1n) is 8.54. The highest BCUT2D eigenvalue weighted by molar-refractivity contribution is 5.79. The standard InChI is InChI=1S/C18H23N5O2/c19-18(25)22-12-7-15(8-13-22)17(24)20-10-6-14-2-4-16(5-3-14)23-11-1-9-21-23/h1-5,9,11,15H,6-8,10,12-13H2,(H2,19,25)(H,20,24). The number of carbonyl (C=O) groups excluding carboxylic acids is 2. The molecule has 7 nitrogen and oxygen atoms in total. The molecule has 0 radical (unpaired) electrons. The molecule has 3 rings (SSSR count). The third-order valence-corrected chi connectivity index (χ3v) is 4.60. The van der Waals surface area contributed by atoms with E-state index in [1.807, 2.05) is 29.1 Å². The van der Waals surface area contributed by atoms with Gasteiger partial charge in [-0.25, -0.2) is 9.48 Å². The largest absolute Gasteiger partial charge is 0.356 e. The molecule has 0 atom stereocenters. The fraction of sp³-hybridized carbons (Fsp3) is 0.389. The van der Waals surface area contributed by atoms with Crippen LogP contribution in [0.3, 0.4) is 0 Å². The van der Waals surface area contributed by atoms with Crippen LogP contribution in [0, 0.1) is 5.92 Å². The number of carbonyl (C=O) groups is 2. The van der Waals surface area contributed by atoms with Crippen LogP contribution in [0.1, 0.15) is 18.4 Å². The zero-order valence-corrected chi connectivity index (χ0v) is 14.1. The molecule has 3 amide bonds. The molecule has 0 unspecified atom stereocenters. The fourth-order valence-corrected chi connectivity index (χ4v) is 3.07. The molecule has 1 aromatic carbocycles. The minimum Gasteiger partial charge on any atom is -0.356 e. The number of primary amides is 1. The topological polar surface area (TPSA) is 93.3 Å². The van der Waals surface area contributed by atoms with E-state index in [-0.39, 0.29) is 11.8 Å². The Morgan fingerprint density at radius 1 is 1.20 bits per heavy atom. The van der Waals surface area contributed by atoms with Crippen molar-refractivity contribution in [2.24, 2.45) is 11.7 Å². The van der Waals surface area contributed by atoms with Crippen molar-refractivity contribution in [1.82, 2.24) is 20.0 Å². The lowest BCUT2D eigenvalue weighted by Gasteiger charge is -2.29. The average Bonchev–Trinajstić information content (AvgIpc) is 3.17. The first kappa shape index (κ1) is 17.0. The van der Waals surface area contributed by atoms with Gasteiger partial charge in [0, 0.05) is 37.9 Å². The second-order valence-electron chi connectivity index (χ2n) is 6.26. The van der Waals surface area contributed by atoms with E-state index in [0.29, 0.717) is 32.5 Å². The number of urea groups is 1. The molecule has 0 aliphatic carbocycles. The lowest BCUT2D eigenvalue weighted by atomic mass is 9.96. The van der Waals surface area contributed by atoms with Gasteiger partial charge < -0.3 is 16.0 Å². The summed E-state index contributed by atoms with van der Waals surface area (Å²) in [5.41, 5.74) is 7.44. The maximum absolute atomic E-state index is 12.2. The summed E-state index contributed by atoms with van der Waals surface area (Å²) in [6, 6.07) is 9.62. The van der Waals surface area contributed by atoms with E-state index in [4.69, 9.17) is 5.73 Å². The van der Waals surface area contributed by atoms with E-state index in [9.17, 15) is 9.59 Å². The van der Waals surface area contributed by atoms with Crippen molar-refractivity contribution in [3.8, 4) is 5.69 Å². The summed E-state index contributed by atoms with van der Waals surface area (Å²) in [7, 11) is 0. The predicted octanol–water partition coefficient (Wildman–Crippen LogP) is 1.32. The van der Waals surface area contributed by atoms with E-state index in [2.05, 4.69) is 22.5 Å². The Morgan fingerprint density at radius 2 is 1.92 bits per heavy atom. The maximum atomic E-state index is 12.2. The number of hydrogen-bond donors (Lipinski definition) is 2. The van der Waals surface area contributed by atoms with E-state index in [0.717, 1.165) is 12.1 Å². The van der Waals surface area contributed by atoms with Gasteiger partial charge in [0.1, 0.15) is 0 Å². The third kappa shape index (κ3) is 4.37. The predicted molar refractivity (Wildman–Crippen MR) is 94.2 cm³/mol. The molecule has 1 aliphatic rings. The van der Waals surface area contributed by atoms with E-state index in [1.165, 1.54) is 5.56 Å². The number of nitrogens with one attached hydrogen (secondary N) is 1. The molecule has 1 saturated heterocycles. The van der Waals surface area contributed by atoms with Crippen molar-refractivity contribution in [2.75, 3.05) is 19.6 Å². The number of rotatable bonds is 5. The molecule has 2 heterocycles. The van der Waals surface area contributed by atoms with Crippen LogP contribution in [-0.4, -0.2) is 46.3 Å². The molecule has 2 aromatic rings. The van der Waals surface area contributed by atoms with Crippen molar-refractivity contribution in [3.05, 3.63) is 48.3 Å². The van der Waals surface area contributed by atoms with Crippen LogP contribution in [0.5, 0.6) is 0 Å². The quantitative estimate of drug-likeness (QED) is 0.859. The molecule has 7 heteroatoms. The Bertz CT molecular complexity index is 704. The summed E-state index contributed by atoms with van der Waals surface area (Å²) in [5, 5.41) is 7.19. The second kappa shape index (κ2) is 7.83. The number of benzene rings is 1. The molecule has 1 fully saturated rings. The van der Waals surface area contributed by atoms with Crippen LogP contribution < -0.4 is 11.1 Å². The molecule has 1 aromatic heterocycles.